The first kappa shape index (κ1) is 13.4. The highest BCUT2D eigenvalue weighted by atomic mass is 16.3. The number of nitrogens with zero attached hydrogens (tertiary/aromatic N) is 3. The van der Waals surface area contributed by atoms with Crippen molar-refractivity contribution in [2.45, 2.75) is 19.5 Å². The number of hydrogen-bond donors (Lipinski definition) is 1. The van der Waals surface area contributed by atoms with Gasteiger partial charge in [0.25, 0.3) is 5.91 Å². The summed E-state index contributed by atoms with van der Waals surface area (Å²) in [6, 6.07) is 2.96. The molecule has 1 aliphatic heterocycles. The maximum absolute atomic E-state index is 12.6. The molecule has 7 heteroatoms. The monoisotopic (exact) mass is 288 g/mol. The Bertz CT molecular complexity index is 688. The minimum atomic E-state index is -0.509. The zero-order valence-corrected chi connectivity index (χ0v) is 11.9. The number of aryl methyl sites for hydroxylation is 1. The maximum atomic E-state index is 12.6. The minimum absolute atomic E-state index is 0.136. The van der Waals surface area contributed by atoms with Crippen LogP contribution in [0.3, 0.4) is 0 Å². The van der Waals surface area contributed by atoms with Crippen molar-refractivity contribution in [2.24, 2.45) is 0 Å². The van der Waals surface area contributed by atoms with Crippen molar-refractivity contribution in [3.63, 3.8) is 0 Å². The molecule has 110 valence electrons. The fourth-order valence-corrected chi connectivity index (χ4v) is 2.59. The van der Waals surface area contributed by atoms with Crippen molar-refractivity contribution in [3.8, 4) is 0 Å². The van der Waals surface area contributed by atoms with Crippen LogP contribution in [0.1, 0.15) is 27.9 Å². The summed E-state index contributed by atoms with van der Waals surface area (Å²) in [4.78, 5) is 26.2. The van der Waals surface area contributed by atoms with Crippen molar-refractivity contribution in [1.82, 2.24) is 20.0 Å². The average molecular weight is 288 g/mol. The first-order valence-electron chi connectivity index (χ1n) is 6.69. The second-order valence-corrected chi connectivity index (χ2v) is 4.97. The molecule has 21 heavy (non-hydrogen) atoms. The van der Waals surface area contributed by atoms with Crippen molar-refractivity contribution in [1.29, 1.82) is 0 Å². The van der Waals surface area contributed by atoms with Gasteiger partial charge in [-0.25, -0.2) is 0 Å². The van der Waals surface area contributed by atoms with Gasteiger partial charge in [0.2, 0.25) is 5.91 Å². The quantitative estimate of drug-likeness (QED) is 0.883. The number of rotatable bonds is 2. The van der Waals surface area contributed by atoms with Gasteiger partial charge in [-0.05, 0) is 19.1 Å². The molecule has 1 atom stereocenters. The summed E-state index contributed by atoms with van der Waals surface area (Å²) in [7, 11) is 1.58. The fraction of sp³-hybridized carbons (Fsp3) is 0.357. The molecule has 3 rings (SSSR count). The summed E-state index contributed by atoms with van der Waals surface area (Å²) in [5.74, 6) is 0.277. The van der Waals surface area contributed by atoms with Crippen molar-refractivity contribution >= 4 is 11.8 Å². The number of aromatic nitrogens is 2. The van der Waals surface area contributed by atoms with Crippen molar-refractivity contribution in [3.05, 3.63) is 41.6 Å². The number of carbonyl (C=O) groups excluding carboxylic acids is 2. The molecule has 0 radical (unpaired) electrons. The molecule has 3 heterocycles. The Morgan fingerprint density at radius 1 is 1.43 bits per heavy atom. The Morgan fingerprint density at radius 2 is 2.24 bits per heavy atom. The van der Waals surface area contributed by atoms with E-state index in [1.165, 1.54) is 6.26 Å². The van der Waals surface area contributed by atoms with E-state index in [0.717, 1.165) is 5.69 Å². The predicted octanol–water partition coefficient (Wildman–Crippen LogP) is 0.728. The summed E-state index contributed by atoms with van der Waals surface area (Å²) in [6.45, 7) is 2.46. The van der Waals surface area contributed by atoms with E-state index in [4.69, 9.17) is 4.42 Å². The van der Waals surface area contributed by atoms with Gasteiger partial charge in [-0.2, -0.15) is 5.10 Å². The topological polar surface area (TPSA) is 80.4 Å². The molecule has 2 aromatic rings. The van der Waals surface area contributed by atoms with Crippen LogP contribution in [-0.4, -0.2) is 40.1 Å². The van der Waals surface area contributed by atoms with Gasteiger partial charge >= 0.3 is 0 Å². The number of furan rings is 1. The van der Waals surface area contributed by atoms with E-state index in [2.05, 4.69) is 10.4 Å². The molecule has 1 N–H and O–H groups in total. The second-order valence-electron chi connectivity index (χ2n) is 4.97. The molecule has 2 aromatic heterocycles. The smallest absolute Gasteiger partial charge is 0.257 e. The van der Waals surface area contributed by atoms with E-state index < -0.39 is 6.04 Å². The highest BCUT2D eigenvalue weighted by molar-refractivity contribution is 5.95. The van der Waals surface area contributed by atoms with Gasteiger partial charge in [-0.1, -0.05) is 0 Å². The largest absolute Gasteiger partial charge is 0.469 e. The highest BCUT2D eigenvalue weighted by Crippen LogP contribution is 2.23. The number of carbonyl (C=O) groups is 2. The van der Waals surface area contributed by atoms with Crippen LogP contribution < -0.4 is 5.32 Å². The molecule has 0 saturated carbocycles. The third kappa shape index (κ3) is 2.20. The van der Waals surface area contributed by atoms with Crippen LogP contribution in [0.4, 0.5) is 0 Å². The fourth-order valence-electron chi connectivity index (χ4n) is 2.59. The molecule has 0 aromatic carbocycles. The number of nitrogens with one attached hydrogen (secondary N) is 1. The Kier molecular flexibility index (Phi) is 3.25. The summed E-state index contributed by atoms with van der Waals surface area (Å²) in [5.41, 5.74) is 1.36. The standard InChI is InChI=1S/C14H16N4O3/c1-9-11(4-6-21-9)14(20)17-7-10-3-5-16-18(10)12(8-17)13(19)15-2/h3-6,12H,7-8H2,1-2H3,(H,15,19)/t12-/m1/s1. The molecule has 0 fully saturated rings. The molecule has 0 unspecified atom stereocenters. The van der Waals surface area contributed by atoms with Crippen LogP contribution in [0, 0.1) is 6.92 Å². The first-order chi connectivity index (χ1) is 10.1. The van der Waals surface area contributed by atoms with E-state index >= 15 is 0 Å². The second kappa shape index (κ2) is 5.08. The van der Waals surface area contributed by atoms with Crippen LogP contribution in [0.25, 0.3) is 0 Å². The summed E-state index contributed by atoms with van der Waals surface area (Å²) in [6.07, 6.45) is 3.13. The molecule has 7 nitrogen and oxygen atoms in total. The van der Waals surface area contributed by atoms with Crippen molar-refractivity contribution in [2.75, 3.05) is 13.6 Å². The lowest BCUT2D eigenvalue weighted by Crippen LogP contribution is -2.46. The van der Waals surface area contributed by atoms with Crippen molar-refractivity contribution < 1.29 is 14.0 Å². The van der Waals surface area contributed by atoms with Gasteiger partial charge < -0.3 is 14.6 Å². The van der Waals surface area contributed by atoms with Crippen LogP contribution >= 0.6 is 0 Å². The molecule has 0 bridgehead atoms. The third-order valence-corrected chi connectivity index (χ3v) is 3.72. The Labute approximate surface area is 121 Å². The molecule has 2 amide bonds. The van der Waals surface area contributed by atoms with Gasteiger partial charge in [0.15, 0.2) is 0 Å². The zero-order chi connectivity index (χ0) is 15.0. The third-order valence-electron chi connectivity index (χ3n) is 3.72. The van der Waals surface area contributed by atoms with E-state index in [0.29, 0.717) is 17.9 Å². The molecule has 1 aliphatic rings. The van der Waals surface area contributed by atoms with Gasteiger partial charge in [-0.3, -0.25) is 14.3 Å². The van der Waals surface area contributed by atoms with Crippen LogP contribution in [0.2, 0.25) is 0 Å². The number of fused-ring (bicyclic) bond motifs is 1. The summed E-state index contributed by atoms with van der Waals surface area (Å²) >= 11 is 0. The van der Waals surface area contributed by atoms with E-state index in [9.17, 15) is 9.59 Å². The van der Waals surface area contributed by atoms with Gasteiger partial charge in [0, 0.05) is 13.2 Å². The lowest BCUT2D eigenvalue weighted by molar-refractivity contribution is -0.125. The summed E-state index contributed by atoms with van der Waals surface area (Å²) < 4.78 is 6.85. The summed E-state index contributed by atoms with van der Waals surface area (Å²) in [5, 5.41) is 6.80. The number of hydrogen-bond acceptors (Lipinski definition) is 4. The molecule has 0 aliphatic carbocycles. The Morgan fingerprint density at radius 3 is 2.90 bits per heavy atom. The first-order valence-corrected chi connectivity index (χ1v) is 6.69. The van der Waals surface area contributed by atoms with E-state index in [-0.39, 0.29) is 18.4 Å². The molecular formula is C14H16N4O3. The van der Waals surface area contributed by atoms with Crippen LogP contribution in [0.15, 0.2) is 29.0 Å². The van der Waals surface area contributed by atoms with Gasteiger partial charge in [0.05, 0.1) is 30.6 Å². The highest BCUT2D eigenvalue weighted by Gasteiger charge is 2.33. The van der Waals surface area contributed by atoms with E-state index in [1.807, 2.05) is 6.07 Å². The predicted molar refractivity (Wildman–Crippen MR) is 73.5 cm³/mol. The van der Waals surface area contributed by atoms with Crippen LogP contribution in [0.5, 0.6) is 0 Å². The van der Waals surface area contributed by atoms with E-state index in [1.54, 1.807) is 35.8 Å². The molecular weight excluding hydrogens is 272 g/mol. The minimum Gasteiger partial charge on any atom is -0.469 e. The number of amides is 2. The SMILES string of the molecule is CNC(=O)[C@H]1CN(C(=O)c2ccoc2C)Cc2ccnn21. The lowest BCUT2D eigenvalue weighted by atomic mass is 10.1. The maximum Gasteiger partial charge on any atom is 0.257 e. The lowest BCUT2D eigenvalue weighted by Gasteiger charge is -2.32. The van der Waals surface area contributed by atoms with Crippen LogP contribution in [-0.2, 0) is 11.3 Å². The Balaban J connectivity index is 1.91. The normalized spacial score (nSPS) is 17.4. The number of likely N-dealkylation sites (N-methyl/N-ethyl adjacent to an activating group) is 1. The molecule has 0 spiro atoms. The van der Waals surface area contributed by atoms with Gasteiger partial charge in [-0.15, -0.1) is 0 Å². The molecule has 0 saturated heterocycles. The average Bonchev–Trinajstić information content (AvgIpc) is 3.12. The Hall–Kier alpha value is -2.57. The van der Waals surface area contributed by atoms with Gasteiger partial charge in [0.1, 0.15) is 11.8 Å². The zero-order valence-electron chi connectivity index (χ0n) is 11.9.